The maximum absolute atomic E-state index is 5.79. The van der Waals surface area contributed by atoms with Crippen LogP contribution in [0, 0.1) is 0 Å². The average molecular weight is 1210 g/mol. The zero-order valence-corrected chi connectivity index (χ0v) is 51.7. The van der Waals surface area contributed by atoms with E-state index in [0.717, 1.165) is 78.5 Å². The van der Waals surface area contributed by atoms with Crippen LogP contribution in [-0.2, 0) is 0 Å². The Kier molecular flexibility index (Phi) is 9.80. The van der Waals surface area contributed by atoms with Gasteiger partial charge in [-0.25, -0.2) is 9.97 Å². The van der Waals surface area contributed by atoms with Gasteiger partial charge in [0.2, 0.25) is 0 Å². The average Bonchev–Trinajstić information content (AvgIpc) is 1.48. The van der Waals surface area contributed by atoms with E-state index in [1.807, 2.05) is 0 Å². The van der Waals surface area contributed by atoms with Gasteiger partial charge >= 0.3 is 0 Å². The number of aromatic nitrogens is 4. The molecule has 4 heteroatoms. The molecular formula is C92H50N4. The molecule has 96 heavy (non-hydrogen) atoms. The molecule has 0 aliphatic carbocycles. The minimum absolute atomic E-state index is 0.911. The number of fused-ring (bicyclic) bond motifs is 7. The van der Waals surface area contributed by atoms with E-state index in [-0.39, 0.29) is 0 Å². The molecule has 0 amide bonds. The van der Waals surface area contributed by atoms with Crippen molar-refractivity contribution in [1.82, 2.24) is 19.1 Å². The first-order valence-corrected chi connectivity index (χ1v) is 33.2. The Labute approximate surface area is 548 Å². The highest BCUT2D eigenvalue weighted by molar-refractivity contribution is 6.29. The summed E-state index contributed by atoms with van der Waals surface area (Å²) in [5.74, 6) is 0. The molecule has 0 saturated carbocycles. The van der Waals surface area contributed by atoms with Gasteiger partial charge in [0.15, 0.2) is 0 Å². The Bertz CT molecular complexity index is 6740. The van der Waals surface area contributed by atoms with Crippen molar-refractivity contribution in [3.63, 3.8) is 0 Å². The van der Waals surface area contributed by atoms with E-state index in [1.54, 1.807) is 0 Å². The lowest BCUT2D eigenvalue weighted by atomic mass is 9.91. The molecule has 4 aromatic heterocycles. The maximum Gasteiger partial charge on any atom is 0.0730 e. The summed E-state index contributed by atoms with van der Waals surface area (Å²) in [6.45, 7) is 0. The monoisotopic (exact) mass is 1210 g/mol. The first kappa shape index (κ1) is 50.8. The minimum atomic E-state index is 0.911. The Balaban J connectivity index is 0.794. The highest BCUT2D eigenvalue weighted by atomic mass is 15.0. The fraction of sp³-hybridized carbons (Fsp3) is 0. The molecule has 19 aromatic carbocycles. The van der Waals surface area contributed by atoms with Gasteiger partial charge in [-0.3, -0.25) is 0 Å². The molecule has 0 spiro atoms. The first-order valence-electron chi connectivity index (χ1n) is 33.2. The normalized spacial score (nSPS) is 12.6. The highest BCUT2D eigenvalue weighted by Gasteiger charge is 2.25. The SMILES string of the molecule is c1cc2ccc3cc(-c4cc(-n5c6ccccc6c6c5ccc5c7ccccc7n(-c7cc(-c8cc9ccc%10cccc%11ccc(c8)c9c%10%11)nc(-c8cc9ccc%10cccc%11ccc(c8)c9c%10%11)c7)c56)cc(-c5cc6ccc7cccc8ccc(c5)c6c78)n4)cc4ccc(c1)c2c34. The molecule has 0 atom stereocenters. The molecule has 4 heterocycles. The third-order valence-electron chi connectivity index (χ3n) is 21.6. The van der Waals surface area contributed by atoms with Crippen LogP contribution in [0.4, 0.5) is 0 Å². The quantitative estimate of drug-likeness (QED) is 0.156. The van der Waals surface area contributed by atoms with Gasteiger partial charge in [0.1, 0.15) is 0 Å². The Morgan fingerprint density at radius 1 is 0.177 bits per heavy atom. The molecule has 438 valence electrons. The standard InChI is InChI=1S/C92H50N4/c1-3-19-80-73(17-1)74-37-38-82-91(92(74)96(80)72-49-78(69-43-63-33-25-55-13-7-14-56-26-34-64(44-69)89(63)85(55)56)94-79(50-72)70-45-65-35-27-57-15-8-16-58-28-36-66(46-70)90(65)86(57)58)75-18-2-4-20-81(75)95(82)71-47-76(67-39-59-29-21-51-9-5-10-52-22-30-60(40-67)87(59)83(51)52)93-77(48-71)68-41-61-31-23-53-11-6-12-54-24-32-62(42-68)88(61)84(53)54/h1-50H. The fourth-order valence-electron chi connectivity index (χ4n) is 17.5. The lowest BCUT2D eigenvalue weighted by Crippen LogP contribution is -2.00. The summed E-state index contributed by atoms with van der Waals surface area (Å²) in [4.78, 5) is 11.6. The second-order valence-corrected chi connectivity index (χ2v) is 26.8. The van der Waals surface area contributed by atoms with Crippen molar-refractivity contribution in [2.75, 3.05) is 0 Å². The van der Waals surface area contributed by atoms with E-state index in [2.05, 4.69) is 312 Å². The van der Waals surface area contributed by atoms with Crippen LogP contribution in [0.2, 0.25) is 0 Å². The zero-order valence-electron chi connectivity index (χ0n) is 51.7. The van der Waals surface area contributed by atoms with Crippen LogP contribution in [0.5, 0.6) is 0 Å². The van der Waals surface area contributed by atoms with Crippen LogP contribution >= 0.6 is 0 Å². The molecule has 0 fully saturated rings. The van der Waals surface area contributed by atoms with Gasteiger partial charge in [0.05, 0.1) is 56.2 Å². The van der Waals surface area contributed by atoms with E-state index < -0.39 is 0 Å². The Morgan fingerprint density at radius 3 is 0.781 bits per heavy atom. The van der Waals surface area contributed by atoms with E-state index >= 15 is 0 Å². The summed E-state index contributed by atoms with van der Waals surface area (Å²) in [7, 11) is 0. The molecule has 0 radical (unpaired) electrons. The number of rotatable bonds is 6. The van der Waals surface area contributed by atoms with Gasteiger partial charge in [-0.2, -0.15) is 0 Å². The van der Waals surface area contributed by atoms with Crippen molar-refractivity contribution < 1.29 is 0 Å². The molecule has 0 N–H and O–H groups in total. The fourth-order valence-corrected chi connectivity index (χ4v) is 17.5. The Hall–Kier alpha value is -12.8. The molecule has 23 aromatic rings. The summed E-state index contributed by atoms with van der Waals surface area (Å²) < 4.78 is 5.05. The van der Waals surface area contributed by atoms with Crippen molar-refractivity contribution in [1.29, 1.82) is 0 Å². The number of hydrogen-bond acceptors (Lipinski definition) is 2. The first-order chi connectivity index (χ1) is 47.5. The molecule has 0 saturated heterocycles. The molecule has 0 aliphatic heterocycles. The van der Waals surface area contributed by atoms with Crippen molar-refractivity contribution >= 4 is 173 Å². The smallest absolute Gasteiger partial charge is 0.0730 e. The number of nitrogens with zero attached hydrogens (tertiary/aromatic N) is 4. The van der Waals surface area contributed by atoms with Crippen molar-refractivity contribution in [3.8, 4) is 56.4 Å². The molecule has 0 aliphatic rings. The summed E-state index contributed by atoms with van der Waals surface area (Å²) >= 11 is 0. The van der Waals surface area contributed by atoms with Crippen LogP contribution in [0.3, 0.4) is 0 Å². The van der Waals surface area contributed by atoms with Gasteiger partial charge in [0, 0.05) is 43.8 Å². The summed E-state index contributed by atoms with van der Waals surface area (Å²) in [6.07, 6.45) is 0. The van der Waals surface area contributed by atoms with Crippen LogP contribution in [0.25, 0.3) is 229 Å². The van der Waals surface area contributed by atoms with Gasteiger partial charge in [-0.05, 0) is 220 Å². The van der Waals surface area contributed by atoms with E-state index in [9.17, 15) is 0 Å². The van der Waals surface area contributed by atoms with Crippen LogP contribution in [0.1, 0.15) is 0 Å². The molecule has 0 unspecified atom stereocenters. The number of para-hydroxylation sites is 2. The van der Waals surface area contributed by atoms with Crippen molar-refractivity contribution in [2.24, 2.45) is 0 Å². The highest BCUT2D eigenvalue weighted by Crippen LogP contribution is 2.48. The Morgan fingerprint density at radius 2 is 0.448 bits per heavy atom. The van der Waals surface area contributed by atoms with E-state index in [0.29, 0.717) is 0 Å². The van der Waals surface area contributed by atoms with Crippen molar-refractivity contribution in [2.45, 2.75) is 0 Å². The predicted molar refractivity (Wildman–Crippen MR) is 407 cm³/mol. The maximum atomic E-state index is 5.79. The second kappa shape index (κ2) is 18.5. The largest absolute Gasteiger partial charge is 0.309 e. The third kappa shape index (κ3) is 6.95. The second-order valence-electron chi connectivity index (χ2n) is 26.8. The summed E-state index contributed by atoms with van der Waals surface area (Å²) in [5.41, 5.74) is 14.5. The number of pyridine rings is 2. The molecule has 23 rings (SSSR count). The minimum Gasteiger partial charge on any atom is -0.309 e. The van der Waals surface area contributed by atoms with Crippen LogP contribution in [0.15, 0.2) is 303 Å². The van der Waals surface area contributed by atoms with E-state index in [1.165, 1.54) is 151 Å². The predicted octanol–water partition coefficient (Wildman–Crippen LogP) is 24.9. The summed E-state index contributed by atoms with van der Waals surface area (Å²) in [6, 6.07) is 114. The molecule has 4 nitrogen and oxygen atoms in total. The lowest BCUT2D eigenvalue weighted by molar-refractivity contribution is 1.15. The van der Waals surface area contributed by atoms with E-state index in [4.69, 9.17) is 9.97 Å². The molecule has 0 bridgehead atoms. The number of hydrogen-bond donors (Lipinski definition) is 0. The number of benzene rings is 19. The topological polar surface area (TPSA) is 35.6 Å². The van der Waals surface area contributed by atoms with Gasteiger partial charge in [-0.1, -0.05) is 212 Å². The van der Waals surface area contributed by atoms with Gasteiger partial charge < -0.3 is 9.13 Å². The molecular weight excluding hydrogens is 1160 g/mol. The zero-order chi connectivity index (χ0) is 62.2. The van der Waals surface area contributed by atoms with Crippen molar-refractivity contribution in [3.05, 3.63) is 303 Å². The third-order valence-corrected chi connectivity index (χ3v) is 21.6. The van der Waals surface area contributed by atoms with Crippen LogP contribution < -0.4 is 0 Å². The lowest BCUT2D eigenvalue weighted by Gasteiger charge is -2.17. The van der Waals surface area contributed by atoms with Gasteiger partial charge in [0.25, 0.3) is 0 Å². The van der Waals surface area contributed by atoms with Gasteiger partial charge in [-0.15, -0.1) is 0 Å². The van der Waals surface area contributed by atoms with Crippen LogP contribution in [-0.4, -0.2) is 19.1 Å². The summed E-state index contributed by atoms with van der Waals surface area (Å²) in [5, 5.41) is 34.8.